The van der Waals surface area contributed by atoms with Crippen LogP contribution in [0.2, 0.25) is 0 Å². The van der Waals surface area contributed by atoms with E-state index >= 15 is 0 Å². The van der Waals surface area contributed by atoms with Gasteiger partial charge in [-0.2, -0.15) is 0 Å². The van der Waals surface area contributed by atoms with E-state index in [1.807, 2.05) is 0 Å². The largest absolute Gasteiger partial charge is 0.383 e. The Morgan fingerprint density at radius 2 is 1.95 bits per heavy atom. The molecule has 106 valence electrons. The van der Waals surface area contributed by atoms with Gasteiger partial charge >= 0.3 is 0 Å². The third kappa shape index (κ3) is 3.09. The lowest BCUT2D eigenvalue weighted by Gasteiger charge is -2.08. The maximum Gasteiger partial charge on any atom is 0.244 e. The molecule has 2 aromatic rings. The number of anilines is 1. The number of nitrogens with two attached hydrogens (primary N) is 1. The highest BCUT2D eigenvalue weighted by Crippen LogP contribution is 2.15. The molecule has 0 amide bonds. The Labute approximate surface area is 114 Å². The van der Waals surface area contributed by atoms with Crippen molar-refractivity contribution in [2.24, 2.45) is 0 Å². The second-order valence-corrected chi connectivity index (χ2v) is 5.70. The van der Waals surface area contributed by atoms with Crippen LogP contribution in [0, 0.1) is 11.6 Å². The van der Waals surface area contributed by atoms with Gasteiger partial charge in [-0.25, -0.2) is 26.9 Å². The molecule has 0 atom stereocenters. The molecule has 1 heterocycles. The van der Waals surface area contributed by atoms with Crippen LogP contribution in [0.3, 0.4) is 0 Å². The molecule has 2 rings (SSSR count). The third-order valence-corrected chi connectivity index (χ3v) is 3.99. The summed E-state index contributed by atoms with van der Waals surface area (Å²) >= 11 is 0. The first-order valence-electron chi connectivity index (χ1n) is 5.54. The van der Waals surface area contributed by atoms with Crippen LogP contribution in [0.5, 0.6) is 0 Å². The predicted molar refractivity (Wildman–Crippen MR) is 69.0 cm³/mol. The molecule has 0 bridgehead atoms. The van der Waals surface area contributed by atoms with Crippen LogP contribution in [0.15, 0.2) is 41.4 Å². The highest BCUT2D eigenvalue weighted by molar-refractivity contribution is 7.89. The minimum absolute atomic E-state index is 0.134. The third-order valence-electron chi connectivity index (χ3n) is 2.54. The van der Waals surface area contributed by atoms with Crippen LogP contribution in [0.1, 0.15) is 5.56 Å². The van der Waals surface area contributed by atoms with Crippen molar-refractivity contribution in [2.45, 2.75) is 11.4 Å². The number of nitrogen functional groups attached to an aromatic ring is 1. The van der Waals surface area contributed by atoms with Gasteiger partial charge in [0.1, 0.15) is 10.7 Å². The molecular weight excluding hydrogens is 288 g/mol. The Morgan fingerprint density at radius 1 is 1.20 bits per heavy atom. The summed E-state index contributed by atoms with van der Waals surface area (Å²) in [5.74, 6) is -2.17. The van der Waals surface area contributed by atoms with Crippen LogP contribution < -0.4 is 10.5 Å². The second kappa shape index (κ2) is 5.51. The zero-order chi connectivity index (χ0) is 14.8. The molecule has 8 heteroatoms. The number of benzene rings is 1. The standard InChI is InChI=1S/C12H11F2N3O2S/c13-9-4-3-8(6-10(9)14)7-17-20(18,19)11-2-1-5-16-12(11)15/h1-6,17H,7H2,(H2,15,16). The van der Waals surface area contributed by atoms with Crippen LogP contribution in [0.4, 0.5) is 14.6 Å². The van der Waals surface area contributed by atoms with Gasteiger partial charge in [0.2, 0.25) is 10.0 Å². The summed E-state index contributed by atoms with van der Waals surface area (Å²) in [6.07, 6.45) is 1.36. The van der Waals surface area contributed by atoms with Crippen molar-refractivity contribution in [1.82, 2.24) is 9.71 Å². The molecular formula is C12H11F2N3O2S. The normalized spacial score (nSPS) is 11.5. The van der Waals surface area contributed by atoms with E-state index in [9.17, 15) is 17.2 Å². The number of hydrogen-bond acceptors (Lipinski definition) is 4. The zero-order valence-corrected chi connectivity index (χ0v) is 11.0. The van der Waals surface area contributed by atoms with E-state index in [-0.39, 0.29) is 22.8 Å². The van der Waals surface area contributed by atoms with E-state index in [4.69, 9.17) is 5.73 Å². The lowest BCUT2D eigenvalue weighted by atomic mass is 10.2. The predicted octanol–water partition coefficient (Wildman–Crippen LogP) is 1.42. The molecule has 1 aromatic carbocycles. The second-order valence-electron chi connectivity index (χ2n) is 3.96. The van der Waals surface area contributed by atoms with Crippen molar-refractivity contribution < 1.29 is 17.2 Å². The van der Waals surface area contributed by atoms with Crippen LogP contribution in [0.25, 0.3) is 0 Å². The number of nitrogens with zero attached hydrogens (tertiary/aromatic N) is 1. The summed E-state index contributed by atoms with van der Waals surface area (Å²) in [7, 11) is -3.87. The van der Waals surface area contributed by atoms with Crippen molar-refractivity contribution in [2.75, 3.05) is 5.73 Å². The Morgan fingerprint density at radius 3 is 2.60 bits per heavy atom. The average Bonchev–Trinajstić information content (AvgIpc) is 2.40. The Balaban J connectivity index is 2.17. The quantitative estimate of drug-likeness (QED) is 0.894. The van der Waals surface area contributed by atoms with Crippen molar-refractivity contribution in [3.63, 3.8) is 0 Å². The molecule has 5 nitrogen and oxygen atoms in total. The number of nitrogens with one attached hydrogen (secondary N) is 1. The fraction of sp³-hybridized carbons (Fsp3) is 0.0833. The van der Waals surface area contributed by atoms with Gasteiger partial charge in [-0.1, -0.05) is 6.07 Å². The molecule has 0 fully saturated rings. The Kier molecular flexibility index (Phi) is 3.96. The Hall–Kier alpha value is -2.06. The summed E-state index contributed by atoms with van der Waals surface area (Å²) < 4.78 is 52.0. The Bertz CT molecular complexity index is 735. The highest BCUT2D eigenvalue weighted by Gasteiger charge is 2.17. The topological polar surface area (TPSA) is 85.1 Å². The van der Waals surface area contributed by atoms with Crippen LogP contribution in [-0.4, -0.2) is 13.4 Å². The van der Waals surface area contributed by atoms with Gasteiger partial charge in [0.25, 0.3) is 0 Å². The van der Waals surface area contributed by atoms with Gasteiger partial charge in [0.05, 0.1) is 0 Å². The fourth-order valence-electron chi connectivity index (χ4n) is 1.54. The summed E-state index contributed by atoms with van der Waals surface area (Å²) in [6, 6.07) is 5.87. The van der Waals surface area contributed by atoms with Gasteiger partial charge in [0, 0.05) is 12.7 Å². The highest BCUT2D eigenvalue weighted by atomic mass is 32.2. The minimum atomic E-state index is -3.87. The van der Waals surface area contributed by atoms with Crippen molar-refractivity contribution in [3.05, 3.63) is 53.7 Å². The number of aromatic nitrogens is 1. The van der Waals surface area contributed by atoms with E-state index in [2.05, 4.69) is 9.71 Å². The number of pyridine rings is 1. The van der Waals surface area contributed by atoms with E-state index in [1.54, 1.807) is 0 Å². The van der Waals surface area contributed by atoms with Crippen molar-refractivity contribution in [3.8, 4) is 0 Å². The SMILES string of the molecule is Nc1ncccc1S(=O)(=O)NCc1ccc(F)c(F)c1. The molecule has 0 aliphatic heterocycles. The number of hydrogen-bond donors (Lipinski definition) is 2. The van der Waals surface area contributed by atoms with E-state index < -0.39 is 21.7 Å². The molecule has 0 unspecified atom stereocenters. The lowest BCUT2D eigenvalue weighted by molar-refractivity contribution is 0.506. The van der Waals surface area contributed by atoms with Gasteiger partial charge < -0.3 is 5.73 Å². The van der Waals surface area contributed by atoms with Gasteiger partial charge in [0.15, 0.2) is 11.6 Å². The number of halogens is 2. The van der Waals surface area contributed by atoms with Crippen LogP contribution >= 0.6 is 0 Å². The molecule has 3 N–H and O–H groups in total. The fourth-order valence-corrected chi connectivity index (χ4v) is 2.63. The first-order valence-corrected chi connectivity index (χ1v) is 7.02. The number of sulfonamides is 1. The summed E-state index contributed by atoms with van der Waals surface area (Å²) in [6.45, 7) is -0.187. The maximum absolute atomic E-state index is 13.0. The molecule has 0 radical (unpaired) electrons. The monoisotopic (exact) mass is 299 g/mol. The number of rotatable bonds is 4. The van der Waals surface area contributed by atoms with E-state index in [0.717, 1.165) is 12.1 Å². The maximum atomic E-state index is 13.0. The zero-order valence-electron chi connectivity index (χ0n) is 10.2. The van der Waals surface area contributed by atoms with Gasteiger partial charge in [-0.15, -0.1) is 0 Å². The minimum Gasteiger partial charge on any atom is -0.383 e. The molecule has 0 aliphatic rings. The van der Waals surface area contributed by atoms with Crippen molar-refractivity contribution >= 4 is 15.8 Å². The average molecular weight is 299 g/mol. The first-order chi connectivity index (χ1) is 9.40. The van der Waals surface area contributed by atoms with E-state index in [1.165, 1.54) is 24.4 Å². The van der Waals surface area contributed by atoms with Crippen molar-refractivity contribution in [1.29, 1.82) is 0 Å². The summed E-state index contributed by atoms with van der Waals surface area (Å²) in [4.78, 5) is 3.51. The van der Waals surface area contributed by atoms with E-state index in [0.29, 0.717) is 0 Å². The molecule has 0 aliphatic carbocycles. The summed E-state index contributed by atoms with van der Waals surface area (Å²) in [5, 5.41) is 0. The molecule has 1 aromatic heterocycles. The van der Waals surface area contributed by atoms with Gasteiger partial charge in [-0.3, -0.25) is 0 Å². The molecule has 0 saturated heterocycles. The lowest BCUT2D eigenvalue weighted by Crippen LogP contribution is -2.24. The smallest absolute Gasteiger partial charge is 0.244 e. The summed E-state index contributed by atoms with van der Waals surface area (Å²) in [5.41, 5.74) is 5.77. The molecule has 0 saturated carbocycles. The van der Waals surface area contributed by atoms with Crippen LogP contribution in [-0.2, 0) is 16.6 Å². The first kappa shape index (κ1) is 14.4. The molecule has 0 spiro atoms. The van der Waals surface area contributed by atoms with Gasteiger partial charge in [-0.05, 0) is 29.8 Å². The molecule has 20 heavy (non-hydrogen) atoms.